The first-order valence-electron chi connectivity index (χ1n) is 7.54. The van der Waals surface area contributed by atoms with Crippen LogP contribution in [0.25, 0.3) is 10.9 Å². The van der Waals surface area contributed by atoms with Gasteiger partial charge in [0.1, 0.15) is 11.5 Å². The van der Waals surface area contributed by atoms with Gasteiger partial charge < -0.3 is 19.4 Å². The molecule has 0 saturated heterocycles. The molecule has 0 aliphatic heterocycles. The average molecular weight is 312 g/mol. The number of fused-ring (bicyclic) bond motifs is 1. The van der Waals surface area contributed by atoms with E-state index in [0.717, 1.165) is 16.5 Å². The lowest BCUT2D eigenvalue weighted by molar-refractivity contribution is 0.0915. The molecule has 5 nitrogen and oxygen atoms in total. The van der Waals surface area contributed by atoms with Gasteiger partial charge in [0, 0.05) is 36.3 Å². The maximum Gasteiger partial charge on any atom is 0.254 e. The van der Waals surface area contributed by atoms with Crippen LogP contribution in [0.5, 0.6) is 0 Å². The van der Waals surface area contributed by atoms with E-state index in [-0.39, 0.29) is 12.5 Å². The van der Waals surface area contributed by atoms with Crippen molar-refractivity contribution >= 4 is 16.8 Å². The van der Waals surface area contributed by atoms with Crippen LogP contribution in [0.3, 0.4) is 0 Å². The number of benzene rings is 1. The summed E-state index contributed by atoms with van der Waals surface area (Å²) in [6.45, 7) is 3.70. The number of furan rings is 1. The Balaban J connectivity index is 1.75. The summed E-state index contributed by atoms with van der Waals surface area (Å²) >= 11 is 0. The predicted molar refractivity (Wildman–Crippen MR) is 88.4 cm³/mol. The molecule has 0 radical (unpaired) electrons. The molecule has 1 atom stereocenters. The van der Waals surface area contributed by atoms with Crippen molar-refractivity contribution in [2.75, 3.05) is 6.54 Å². The van der Waals surface area contributed by atoms with Gasteiger partial charge in [-0.25, -0.2) is 0 Å². The molecule has 2 aromatic heterocycles. The van der Waals surface area contributed by atoms with Gasteiger partial charge in [-0.15, -0.1) is 0 Å². The second-order valence-corrected chi connectivity index (χ2v) is 5.77. The van der Waals surface area contributed by atoms with Gasteiger partial charge in [-0.1, -0.05) is 18.2 Å². The minimum absolute atomic E-state index is 0.149. The number of hydrogen-bond acceptors (Lipinski definition) is 3. The predicted octanol–water partition coefficient (Wildman–Crippen LogP) is 2.85. The van der Waals surface area contributed by atoms with Gasteiger partial charge in [0.05, 0.1) is 11.7 Å². The second kappa shape index (κ2) is 5.93. The van der Waals surface area contributed by atoms with Crippen molar-refractivity contribution in [1.29, 1.82) is 0 Å². The maximum atomic E-state index is 12.2. The van der Waals surface area contributed by atoms with E-state index >= 15 is 0 Å². The van der Waals surface area contributed by atoms with E-state index in [1.54, 1.807) is 19.9 Å². The zero-order valence-corrected chi connectivity index (χ0v) is 13.5. The van der Waals surface area contributed by atoms with Crippen LogP contribution in [-0.4, -0.2) is 22.1 Å². The number of aromatic nitrogens is 1. The van der Waals surface area contributed by atoms with Gasteiger partial charge >= 0.3 is 0 Å². The highest BCUT2D eigenvalue weighted by Crippen LogP contribution is 2.25. The third-order valence-electron chi connectivity index (χ3n) is 4.03. The summed E-state index contributed by atoms with van der Waals surface area (Å²) in [6, 6.07) is 9.58. The van der Waals surface area contributed by atoms with E-state index in [1.165, 1.54) is 0 Å². The van der Waals surface area contributed by atoms with Crippen LogP contribution in [0.2, 0.25) is 0 Å². The first-order valence-corrected chi connectivity index (χ1v) is 7.54. The highest BCUT2D eigenvalue weighted by Gasteiger charge is 2.18. The van der Waals surface area contributed by atoms with Gasteiger partial charge in [-0.3, -0.25) is 4.79 Å². The molecule has 2 N–H and O–H groups in total. The molecular formula is C18H20N2O3. The van der Waals surface area contributed by atoms with Crippen LogP contribution in [0, 0.1) is 13.8 Å². The number of nitrogens with zero attached hydrogens (tertiary/aromatic N) is 1. The van der Waals surface area contributed by atoms with Crippen molar-refractivity contribution in [3.8, 4) is 0 Å². The quantitative estimate of drug-likeness (QED) is 0.778. The van der Waals surface area contributed by atoms with Crippen LogP contribution >= 0.6 is 0 Å². The molecule has 0 spiro atoms. The van der Waals surface area contributed by atoms with E-state index in [0.29, 0.717) is 17.1 Å². The van der Waals surface area contributed by atoms with Gasteiger partial charge in [0.2, 0.25) is 0 Å². The number of aliphatic hydroxyl groups excluding tert-OH is 1. The number of para-hydroxylation sites is 1. The fourth-order valence-corrected chi connectivity index (χ4v) is 2.89. The lowest BCUT2D eigenvalue weighted by Gasteiger charge is -2.11. The summed E-state index contributed by atoms with van der Waals surface area (Å²) in [5.41, 5.74) is 2.37. The Kier molecular flexibility index (Phi) is 3.96. The highest BCUT2D eigenvalue weighted by atomic mass is 16.3. The molecule has 120 valence electrons. The average Bonchev–Trinajstić information content (AvgIpc) is 3.05. The number of aliphatic hydroxyl groups is 1. The van der Waals surface area contributed by atoms with Gasteiger partial charge in [-0.2, -0.15) is 0 Å². The standard InChI is InChI=1S/C18H20N2O3/c1-11-8-14(12(2)23-11)18(22)19-9-17(21)15-10-20(3)16-7-5-4-6-13(15)16/h4-8,10,17,21H,9H2,1-3H3,(H,19,22)/t17-/m1/s1. The monoisotopic (exact) mass is 312 g/mol. The van der Waals surface area contributed by atoms with E-state index in [4.69, 9.17) is 4.42 Å². The largest absolute Gasteiger partial charge is 0.466 e. The molecule has 0 bridgehead atoms. The maximum absolute atomic E-state index is 12.2. The molecule has 23 heavy (non-hydrogen) atoms. The smallest absolute Gasteiger partial charge is 0.254 e. The van der Waals surface area contributed by atoms with Crippen molar-refractivity contribution in [3.63, 3.8) is 0 Å². The lowest BCUT2D eigenvalue weighted by atomic mass is 10.1. The summed E-state index contributed by atoms with van der Waals surface area (Å²) in [4.78, 5) is 12.2. The van der Waals surface area contributed by atoms with E-state index in [1.807, 2.05) is 42.1 Å². The molecule has 0 aliphatic carbocycles. The SMILES string of the molecule is Cc1cc(C(=O)NC[C@@H](O)c2cn(C)c3ccccc23)c(C)o1. The summed E-state index contributed by atoms with van der Waals surface area (Å²) in [5, 5.41) is 14.2. The Labute approximate surface area is 134 Å². The van der Waals surface area contributed by atoms with E-state index in [2.05, 4.69) is 5.32 Å². The molecule has 1 aromatic carbocycles. The van der Waals surface area contributed by atoms with Gasteiger partial charge in [0.25, 0.3) is 5.91 Å². The third kappa shape index (κ3) is 2.87. The molecule has 0 saturated carbocycles. The normalized spacial score (nSPS) is 12.5. The molecule has 3 rings (SSSR count). The Morgan fingerprint density at radius 1 is 1.35 bits per heavy atom. The summed E-state index contributed by atoms with van der Waals surface area (Å²) in [6.07, 6.45) is 1.13. The summed E-state index contributed by atoms with van der Waals surface area (Å²) in [7, 11) is 1.94. The highest BCUT2D eigenvalue weighted by molar-refractivity contribution is 5.95. The minimum atomic E-state index is -0.765. The number of carbonyl (C=O) groups excluding carboxylic acids is 1. The Morgan fingerprint density at radius 2 is 2.09 bits per heavy atom. The van der Waals surface area contributed by atoms with E-state index in [9.17, 15) is 9.90 Å². The van der Waals surface area contributed by atoms with Crippen LogP contribution in [0.1, 0.15) is 33.5 Å². The first-order chi connectivity index (χ1) is 11.0. The van der Waals surface area contributed by atoms with Crippen LogP contribution in [0.4, 0.5) is 0 Å². The zero-order chi connectivity index (χ0) is 16.6. The van der Waals surface area contributed by atoms with Crippen LogP contribution in [-0.2, 0) is 7.05 Å². The Hall–Kier alpha value is -2.53. The molecule has 5 heteroatoms. The number of rotatable bonds is 4. The lowest BCUT2D eigenvalue weighted by Crippen LogP contribution is -2.28. The van der Waals surface area contributed by atoms with Crippen molar-refractivity contribution < 1.29 is 14.3 Å². The number of nitrogens with one attached hydrogen (secondary N) is 1. The first kappa shape index (κ1) is 15.4. The van der Waals surface area contributed by atoms with Crippen molar-refractivity contribution in [3.05, 3.63) is 59.2 Å². The zero-order valence-electron chi connectivity index (χ0n) is 13.5. The Morgan fingerprint density at radius 3 is 2.78 bits per heavy atom. The molecule has 2 heterocycles. The third-order valence-corrected chi connectivity index (χ3v) is 4.03. The molecular weight excluding hydrogens is 292 g/mol. The topological polar surface area (TPSA) is 67.4 Å². The van der Waals surface area contributed by atoms with Crippen LogP contribution in [0.15, 0.2) is 40.9 Å². The summed E-state index contributed by atoms with van der Waals surface area (Å²) in [5.74, 6) is 1.04. The van der Waals surface area contributed by atoms with Crippen molar-refractivity contribution in [1.82, 2.24) is 9.88 Å². The van der Waals surface area contributed by atoms with E-state index < -0.39 is 6.10 Å². The number of amides is 1. The van der Waals surface area contributed by atoms with Crippen molar-refractivity contribution in [2.45, 2.75) is 20.0 Å². The number of aryl methyl sites for hydroxylation is 3. The fourth-order valence-electron chi connectivity index (χ4n) is 2.89. The number of carbonyl (C=O) groups is 1. The molecule has 0 unspecified atom stereocenters. The van der Waals surface area contributed by atoms with Gasteiger partial charge in [0.15, 0.2) is 0 Å². The molecule has 0 aliphatic rings. The Bertz CT molecular complexity index is 860. The fraction of sp³-hybridized carbons (Fsp3) is 0.278. The minimum Gasteiger partial charge on any atom is -0.466 e. The molecule has 3 aromatic rings. The van der Waals surface area contributed by atoms with Crippen molar-refractivity contribution in [2.24, 2.45) is 7.05 Å². The summed E-state index contributed by atoms with van der Waals surface area (Å²) < 4.78 is 7.33. The second-order valence-electron chi connectivity index (χ2n) is 5.77. The molecule has 1 amide bonds. The molecule has 0 fully saturated rings. The van der Waals surface area contributed by atoms with Gasteiger partial charge in [-0.05, 0) is 26.0 Å². The number of hydrogen-bond donors (Lipinski definition) is 2. The van der Waals surface area contributed by atoms with Crippen LogP contribution < -0.4 is 5.32 Å².